The minimum Gasteiger partial charge on any atom is -0.404 e. The van der Waals surface area contributed by atoms with Crippen molar-refractivity contribution in [3.8, 4) is 5.75 Å². The van der Waals surface area contributed by atoms with E-state index in [0.29, 0.717) is 0 Å². The lowest BCUT2D eigenvalue weighted by Gasteiger charge is -2.17. The molecule has 2 unspecified atom stereocenters. The fourth-order valence-corrected chi connectivity index (χ4v) is 1.80. The lowest BCUT2D eigenvalue weighted by atomic mass is 10.1. The number of aliphatic hydroxyl groups is 2. The average molecular weight is 350 g/mol. The Bertz CT molecular complexity index is 414. The summed E-state index contributed by atoms with van der Waals surface area (Å²) >= 11 is 8.57. The molecular formula is C10H9BrClF3O3. The van der Waals surface area contributed by atoms with Gasteiger partial charge >= 0.3 is 6.36 Å². The molecule has 1 aromatic carbocycles. The molecule has 1 rings (SSSR count). The molecule has 0 aromatic heterocycles. The third kappa shape index (κ3) is 4.31. The molecule has 0 bridgehead atoms. The zero-order valence-electron chi connectivity index (χ0n) is 8.79. The van der Waals surface area contributed by atoms with Gasteiger partial charge in [-0.1, -0.05) is 33.6 Å². The number of ether oxygens (including phenoxy) is 1. The second kappa shape index (κ2) is 6.10. The van der Waals surface area contributed by atoms with Gasteiger partial charge < -0.3 is 14.9 Å². The minimum absolute atomic E-state index is 0.118. The van der Waals surface area contributed by atoms with Crippen LogP contribution in [-0.2, 0) is 0 Å². The molecule has 0 aliphatic heterocycles. The Morgan fingerprint density at radius 1 is 1.33 bits per heavy atom. The maximum atomic E-state index is 12.0. The number of aliphatic hydroxyl groups excluding tert-OH is 2. The summed E-state index contributed by atoms with van der Waals surface area (Å²) in [6.45, 7) is 0. The standard InChI is InChI=1S/C10H9BrClF3O3/c11-4-7(16)9(17)5-1-2-8(6(12)3-5)18-10(13,14)15/h1-3,7,9,16-17H,4H2. The van der Waals surface area contributed by atoms with Crippen molar-refractivity contribution in [2.45, 2.75) is 18.6 Å². The summed E-state index contributed by atoms with van der Waals surface area (Å²) in [4.78, 5) is 0. The van der Waals surface area contributed by atoms with Crippen molar-refractivity contribution in [2.24, 2.45) is 0 Å². The van der Waals surface area contributed by atoms with Crippen molar-refractivity contribution in [1.29, 1.82) is 0 Å². The lowest BCUT2D eigenvalue weighted by molar-refractivity contribution is -0.274. The largest absolute Gasteiger partial charge is 0.573 e. The number of halogens is 5. The molecule has 8 heteroatoms. The molecule has 0 amide bonds. The van der Waals surface area contributed by atoms with Gasteiger partial charge in [0, 0.05) is 5.33 Å². The van der Waals surface area contributed by atoms with Gasteiger partial charge in [0.2, 0.25) is 0 Å². The molecule has 1 aromatic rings. The molecule has 3 nitrogen and oxygen atoms in total. The molecular weight excluding hydrogens is 340 g/mol. The van der Waals surface area contributed by atoms with E-state index in [4.69, 9.17) is 11.6 Å². The predicted molar refractivity (Wildman–Crippen MR) is 62.9 cm³/mol. The van der Waals surface area contributed by atoms with Crippen LogP contribution in [0, 0.1) is 0 Å². The van der Waals surface area contributed by atoms with Crippen molar-refractivity contribution >= 4 is 27.5 Å². The van der Waals surface area contributed by atoms with Crippen LogP contribution in [0.3, 0.4) is 0 Å². The van der Waals surface area contributed by atoms with Crippen LogP contribution in [0.5, 0.6) is 5.75 Å². The Morgan fingerprint density at radius 2 is 1.94 bits per heavy atom. The second-order valence-corrected chi connectivity index (χ2v) is 4.46. The summed E-state index contributed by atoms with van der Waals surface area (Å²) in [5.74, 6) is -0.562. The van der Waals surface area contributed by atoms with Crippen molar-refractivity contribution in [1.82, 2.24) is 0 Å². The van der Waals surface area contributed by atoms with Gasteiger partial charge in [-0.2, -0.15) is 0 Å². The quantitative estimate of drug-likeness (QED) is 0.822. The zero-order valence-corrected chi connectivity index (χ0v) is 11.1. The molecule has 0 spiro atoms. The highest BCUT2D eigenvalue weighted by atomic mass is 79.9. The first-order valence-corrected chi connectivity index (χ1v) is 6.22. The van der Waals surface area contributed by atoms with E-state index in [-0.39, 0.29) is 15.9 Å². The normalized spacial score (nSPS) is 15.3. The van der Waals surface area contributed by atoms with Crippen molar-refractivity contribution in [2.75, 3.05) is 5.33 Å². The van der Waals surface area contributed by atoms with Crippen molar-refractivity contribution in [3.05, 3.63) is 28.8 Å². The maximum absolute atomic E-state index is 12.0. The van der Waals surface area contributed by atoms with E-state index in [9.17, 15) is 23.4 Å². The molecule has 102 valence electrons. The van der Waals surface area contributed by atoms with Gasteiger partial charge in [0.15, 0.2) is 0 Å². The van der Waals surface area contributed by atoms with Crippen molar-refractivity contribution < 1.29 is 28.1 Å². The topological polar surface area (TPSA) is 49.7 Å². The number of rotatable bonds is 4. The molecule has 0 aliphatic rings. The fraction of sp³-hybridized carbons (Fsp3) is 0.400. The molecule has 0 fully saturated rings. The Hall–Kier alpha value is -0.500. The highest BCUT2D eigenvalue weighted by molar-refractivity contribution is 9.09. The third-order valence-electron chi connectivity index (χ3n) is 2.05. The van der Waals surface area contributed by atoms with E-state index in [1.165, 1.54) is 6.07 Å². The van der Waals surface area contributed by atoms with E-state index in [1.807, 2.05) is 0 Å². The second-order valence-electron chi connectivity index (χ2n) is 3.40. The monoisotopic (exact) mass is 348 g/mol. The number of benzene rings is 1. The average Bonchev–Trinajstić information content (AvgIpc) is 2.28. The lowest BCUT2D eigenvalue weighted by Crippen LogP contribution is -2.20. The number of hydrogen-bond donors (Lipinski definition) is 2. The van der Waals surface area contributed by atoms with E-state index >= 15 is 0 Å². The molecule has 0 radical (unpaired) electrons. The predicted octanol–water partition coefficient (Wildman–Crippen LogP) is 3.03. The summed E-state index contributed by atoms with van der Waals surface area (Å²) < 4.78 is 39.6. The minimum atomic E-state index is -4.83. The molecule has 0 saturated carbocycles. The van der Waals surface area contributed by atoms with Gasteiger partial charge in [-0.3, -0.25) is 0 Å². The van der Waals surface area contributed by atoms with Gasteiger partial charge in [-0.05, 0) is 17.7 Å². The molecule has 2 N–H and O–H groups in total. The molecule has 2 atom stereocenters. The molecule has 0 saturated heterocycles. The van der Waals surface area contributed by atoms with Crippen LogP contribution in [0.15, 0.2) is 18.2 Å². The first-order chi connectivity index (χ1) is 8.24. The maximum Gasteiger partial charge on any atom is 0.573 e. The summed E-state index contributed by atoms with van der Waals surface area (Å²) in [7, 11) is 0. The van der Waals surface area contributed by atoms with Gasteiger partial charge in [0.1, 0.15) is 11.9 Å². The van der Waals surface area contributed by atoms with Crippen LogP contribution < -0.4 is 4.74 Å². The highest BCUT2D eigenvalue weighted by Crippen LogP contribution is 2.32. The van der Waals surface area contributed by atoms with Gasteiger partial charge in [-0.25, -0.2) is 0 Å². The summed E-state index contributed by atoms with van der Waals surface area (Å²) in [6, 6.07) is 3.29. The Labute approximate surface area is 114 Å². The van der Waals surface area contributed by atoms with Crippen LogP contribution in [-0.4, -0.2) is 28.0 Å². The smallest absolute Gasteiger partial charge is 0.404 e. The SMILES string of the molecule is OC(CBr)C(O)c1ccc(OC(F)(F)F)c(Cl)c1. The Morgan fingerprint density at radius 3 is 2.39 bits per heavy atom. The Kier molecular flexibility index (Phi) is 5.27. The summed E-state index contributed by atoms with van der Waals surface area (Å²) in [6.07, 6.45) is -7.17. The van der Waals surface area contributed by atoms with Crippen LogP contribution >= 0.6 is 27.5 Å². The van der Waals surface area contributed by atoms with E-state index in [0.717, 1.165) is 12.1 Å². The van der Waals surface area contributed by atoms with Crippen LogP contribution in [0.4, 0.5) is 13.2 Å². The first-order valence-electron chi connectivity index (χ1n) is 4.72. The molecule has 0 aliphatic carbocycles. The van der Waals surface area contributed by atoms with Crippen LogP contribution in [0.2, 0.25) is 5.02 Å². The van der Waals surface area contributed by atoms with Crippen LogP contribution in [0.1, 0.15) is 11.7 Å². The van der Waals surface area contributed by atoms with Crippen LogP contribution in [0.25, 0.3) is 0 Å². The van der Waals surface area contributed by atoms with E-state index in [2.05, 4.69) is 20.7 Å². The van der Waals surface area contributed by atoms with Gasteiger partial charge in [-0.15, -0.1) is 13.2 Å². The number of hydrogen-bond acceptors (Lipinski definition) is 3. The van der Waals surface area contributed by atoms with E-state index < -0.39 is 24.3 Å². The third-order valence-corrected chi connectivity index (χ3v) is 3.00. The van der Waals surface area contributed by atoms with E-state index in [1.54, 1.807) is 0 Å². The Balaban J connectivity index is 2.92. The van der Waals surface area contributed by atoms with Crippen molar-refractivity contribution in [3.63, 3.8) is 0 Å². The zero-order chi connectivity index (χ0) is 13.9. The molecule has 0 heterocycles. The van der Waals surface area contributed by atoms with Gasteiger partial charge in [0.05, 0.1) is 11.1 Å². The highest BCUT2D eigenvalue weighted by Gasteiger charge is 2.32. The summed E-state index contributed by atoms with van der Waals surface area (Å²) in [5, 5.41) is 18.8. The number of alkyl halides is 4. The first kappa shape index (κ1) is 15.6. The fourth-order valence-electron chi connectivity index (χ4n) is 1.22. The summed E-state index contributed by atoms with van der Waals surface area (Å²) in [5.41, 5.74) is 0.196. The van der Waals surface area contributed by atoms with Gasteiger partial charge in [0.25, 0.3) is 0 Å². The molecule has 18 heavy (non-hydrogen) atoms.